The number of hydrogen-bond acceptors (Lipinski definition) is 3. The summed E-state index contributed by atoms with van der Waals surface area (Å²) >= 11 is 0. The van der Waals surface area contributed by atoms with Gasteiger partial charge in [0.25, 0.3) is 0 Å². The molecule has 0 radical (unpaired) electrons. The molecule has 0 N–H and O–H groups in total. The fraction of sp³-hybridized carbons (Fsp3) is 1.00. The molecule has 3 fully saturated rings. The van der Waals surface area contributed by atoms with Gasteiger partial charge in [-0.15, -0.1) is 0 Å². The largest absolute Gasteiger partial charge is 0.507 e. The average molecular weight is 258 g/mol. The lowest BCUT2D eigenvalue weighted by atomic mass is 9.45. The zero-order chi connectivity index (χ0) is 12.9. The normalized spacial score (nSPS) is 39.9. The second-order valence-corrected chi connectivity index (χ2v) is 9.47. The summed E-state index contributed by atoms with van der Waals surface area (Å²) < 4.78 is 17.5. The summed E-state index contributed by atoms with van der Waals surface area (Å²) in [6, 6.07) is 0. The maximum absolute atomic E-state index is 5.82. The van der Waals surface area contributed by atoms with Gasteiger partial charge in [-0.3, -0.25) is 0 Å². The van der Waals surface area contributed by atoms with Crippen LogP contribution >= 0.6 is 0 Å². The van der Waals surface area contributed by atoms with Crippen molar-refractivity contribution in [3.8, 4) is 0 Å². The van der Waals surface area contributed by atoms with Gasteiger partial charge in [-0.05, 0) is 36.5 Å². The van der Waals surface area contributed by atoms with Crippen LogP contribution in [-0.2, 0) is 13.3 Å². The Balaban J connectivity index is 2.46. The summed E-state index contributed by atoms with van der Waals surface area (Å²) in [6.07, 6.45) is 3.83. The third-order valence-corrected chi connectivity index (χ3v) is 9.93. The van der Waals surface area contributed by atoms with Crippen LogP contribution in [0.15, 0.2) is 0 Å². The monoisotopic (exact) mass is 258 g/mol. The van der Waals surface area contributed by atoms with Crippen molar-refractivity contribution in [3.05, 3.63) is 0 Å². The molecular formula is C13H26O3Si. The van der Waals surface area contributed by atoms with E-state index in [1.54, 1.807) is 21.3 Å². The van der Waals surface area contributed by atoms with E-state index in [0.717, 1.165) is 5.92 Å². The van der Waals surface area contributed by atoms with Crippen LogP contribution < -0.4 is 0 Å². The van der Waals surface area contributed by atoms with Crippen molar-refractivity contribution in [1.29, 1.82) is 0 Å². The average Bonchev–Trinajstić information content (AvgIpc) is 2.33. The second kappa shape index (κ2) is 4.05. The molecule has 3 nitrogen and oxygen atoms in total. The third kappa shape index (κ3) is 1.33. The molecule has 0 amide bonds. The summed E-state index contributed by atoms with van der Waals surface area (Å²) in [6.45, 7) is 7.08. The standard InChI is InChI=1S/C13H26O3Si/c1-10-7-8-11-9-13(10,12(11,2)3)17(14-4,15-5)16-6/h10-11H,7-9H2,1-6H3. The molecular weight excluding hydrogens is 232 g/mol. The Bertz CT molecular complexity index is 293. The van der Waals surface area contributed by atoms with Crippen LogP contribution in [0, 0.1) is 17.3 Å². The molecule has 3 unspecified atom stereocenters. The molecule has 3 atom stereocenters. The molecule has 3 saturated carbocycles. The van der Waals surface area contributed by atoms with Crippen LogP contribution in [0.5, 0.6) is 0 Å². The second-order valence-electron chi connectivity index (χ2n) is 6.24. The maximum atomic E-state index is 5.82. The first-order valence-electron chi connectivity index (χ1n) is 6.57. The minimum Gasteiger partial charge on any atom is -0.376 e. The lowest BCUT2D eigenvalue weighted by Crippen LogP contribution is -2.71. The molecule has 3 aliphatic rings. The Kier molecular flexibility index (Phi) is 3.22. The Morgan fingerprint density at radius 2 is 1.53 bits per heavy atom. The zero-order valence-electron chi connectivity index (χ0n) is 12.0. The molecule has 17 heavy (non-hydrogen) atoms. The molecule has 0 saturated heterocycles. The molecule has 0 spiro atoms. The van der Waals surface area contributed by atoms with Gasteiger partial charge in [0.05, 0.1) is 0 Å². The molecule has 2 bridgehead atoms. The topological polar surface area (TPSA) is 27.7 Å². The van der Waals surface area contributed by atoms with Crippen molar-refractivity contribution in [2.75, 3.05) is 21.3 Å². The van der Waals surface area contributed by atoms with Gasteiger partial charge >= 0.3 is 8.80 Å². The zero-order valence-corrected chi connectivity index (χ0v) is 13.0. The van der Waals surface area contributed by atoms with Crippen molar-refractivity contribution in [2.45, 2.75) is 45.1 Å². The van der Waals surface area contributed by atoms with Crippen molar-refractivity contribution in [1.82, 2.24) is 0 Å². The fourth-order valence-electron chi connectivity index (χ4n) is 4.75. The van der Waals surface area contributed by atoms with Crippen LogP contribution in [0.1, 0.15) is 40.0 Å². The summed E-state index contributed by atoms with van der Waals surface area (Å²) in [4.78, 5) is 0. The predicted octanol–water partition coefficient (Wildman–Crippen LogP) is 3.08. The van der Waals surface area contributed by atoms with E-state index in [9.17, 15) is 0 Å². The van der Waals surface area contributed by atoms with Gasteiger partial charge in [0.2, 0.25) is 0 Å². The van der Waals surface area contributed by atoms with E-state index in [4.69, 9.17) is 13.3 Å². The molecule has 4 heteroatoms. The Labute approximate surface area is 106 Å². The predicted molar refractivity (Wildman–Crippen MR) is 69.8 cm³/mol. The van der Waals surface area contributed by atoms with Crippen molar-refractivity contribution in [3.63, 3.8) is 0 Å². The van der Waals surface area contributed by atoms with Gasteiger partial charge in [0, 0.05) is 26.4 Å². The minimum absolute atomic E-state index is 0.112. The Morgan fingerprint density at radius 3 is 1.88 bits per heavy atom. The Hall–Kier alpha value is 0.0969. The highest BCUT2D eigenvalue weighted by molar-refractivity contribution is 6.65. The van der Waals surface area contributed by atoms with Gasteiger partial charge in [-0.25, -0.2) is 0 Å². The van der Waals surface area contributed by atoms with Crippen molar-refractivity contribution < 1.29 is 13.3 Å². The molecule has 3 rings (SSSR count). The molecule has 0 aromatic heterocycles. The smallest absolute Gasteiger partial charge is 0.376 e. The summed E-state index contributed by atoms with van der Waals surface area (Å²) in [5, 5.41) is 0.112. The quantitative estimate of drug-likeness (QED) is 0.725. The highest BCUT2D eigenvalue weighted by Gasteiger charge is 2.77. The lowest BCUT2D eigenvalue weighted by Gasteiger charge is -2.70. The van der Waals surface area contributed by atoms with E-state index in [0.29, 0.717) is 5.92 Å². The van der Waals surface area contributed by atoms with Crippen molar-refractivity contribution >= 4 is 8.80 Å². The number of fused-ring (bicyclic) bond motifs is 2. The SMILES string of the molecule is CO[Si](OC)(OC)C12CC(CCC1C)C2(C)C. The maximum Gasteiger partial charge on any atom is 0.507 e. The van der Waals surface area contributed by atoms with Gasteiger partial charge in [0.1, 0.15) is 0 Å². The molecule has 0 heterocycles. The molecule has 3 aliphatic carbocycles. The molecule has 0 aromatic carbocycles. The lowest BCUT2D eigenvalue weighted by molar-refractivity contribution is -0.130. The van der Waals surface area contributed by atoms with E-state index in [-0.39, 0.29) is 10.5 Å². The summed E-state index contributed by atoms with van der Waals surface area (Å²) in [5.74, 6) is 1.43. The first-order chi connectivity index (χ1) is 7.91. The molecule has 100 valence electrons. The number of hydrogen-bond donors (Lipinski definition) is 0. The van der Waals surface area contributed by atoms with E-state index >= 15 is 0 Å². The summed E-state index contributed by atoms with van der Waals surface area (Å²) in [7, 11) is 2.67. The molecule has 0 aliphatic heterocycles. The van der Waals surface area contributed by atoms with Crippen molar-refractivity contribution in [2.24, 2.45) is 17.3 Å². The van der Waals surface area contributed by atoms with Crippen LogP contribution in [0.25, 0.3) is 0 Å². The van der Waals surface area contributed by atoms with Gasteiger partial charge in [-0.1, -0.05) is 20.8 Å². The van der Waals surface area contributed by atoms with Crippen LogP contribution in [0.3, 0.4) is 0 Å². The van der Waals surface area contributed by atoms with E-state index < -0.39 is 8.80 Å². The highest BCUT2D eigenvalue weighted by atomic mass is 28.4. The van der Waals surface area contributed by atoms with Crippen LogP contribution in [0.4, 0.5) is 0 Å². The first kappa shape index (κ1) is 13.5. The first-order valence-corrected chi connectivity index (χ1v) is 8.29. The van der Waals surface area contributed by atoms with Gasteiger partial charge in [-0.2, -0.15) is 0 Å². The van der Waals surface area contributed by atoms with Crippen LogP contribution in [0.2, 0.25) is 5.04 Å². The third-order valence-electron chi connectivity index (χ3n) is 5.88. The fourth-order valence-corrected chi connectivity index (χ4v) is 8.58. The number of rotatable bonds is 4. The minimum atomic E-state index is -2.57. The Morgan fingerprint density at radius 1 is 1.00 bits per heavy atom. The van der Waals surface area contributed by atoms with Crippen LogP contribution in [-0.4, -0.2) is 30.1 Å². The summed E-state index contributed by atoms with van der Waals surface area (Å²) in [5.41, 5.74) is 0.277. The van der Waals surface area contributed by atoms with E-state index in [2.05, 4.69) is 20.8 Å². The van der Waals surface area contributed by atoms with Gasteiger partial charge < -0.3 is 13.3 Å². The highest BCUT2D eigenvalue weighted by Crippen LogP contribution is 2.78. The van der Waals surface area contributed by atoms with E-state index in [1.807, 2.05) is 0 Å². The van der Waals surface area contributed by atoms with Gasteiger partial charge in [0.15, 0.2) is 0 Å². The van der Waals surface area contributed by atoms with E-state index in [1.165, 1.54) is 19.3 Å². The molecule has 0 aromatic rings.